The van der Waals surface area contributed by atoms with Gasteiger partial charge >= 0.3 is 0 Å². The summed E-state index contributed by atoms with van der Waals surface area (Å²) in [7, 11) is 0. The Bertz CT molecular complexity index is 351. The molecule has 1 aromatic carbocycles. The number of halogens is 1. The summed E-state index contributed by atoms with van der Waals surface area (Å²) < 4.78 is 17.9. The lowest BCUT2D eigenvalue weighted by atomic mass is 10.2. The maximum Gasteiger partial charge on any atom is 0.157 e. The first-order chi connectivity index (χ1) is 8.86. The van der Waals surface area contributed by atoms with Crippen LogP contribution in [0.25, 0.3) is 0 Å². The molecule has 1 saturated heterocycles. The average Bonchev–Trinajstić information content (AvgIpc) is 2.42. The molecule has 0 bridgehead atoms. The molecule has 0 saturated carbocycles. The average molecular weight is 362 g/mol. The van der Waals surface area contributed by atoms with Crippen molar-refractivity contribution in [3.63, 3.8) is 0 Å². The predicted molar refractivity (Wildman–Crippen MR) is 78.4 cm³/mol. The van der Waals surface area contributed by atoms with Crippen LogP contribution in [-0.2, 0) is 20.8 Å². The monoisotopic (exact) mass is 362 g/mol. The van der Waals surface area contributed by atoms with Gasteiger partial charge < -0.3 is 14.2 Å². The van der Waals surface area contributed by atoms with Gasteiger partial charge in [0.2, 0.25) is 0 Å². The van der Waals surface area contributed by atoms with Crippen molar-refractivity contribution in [3.05, 3.63) is 33.4 Å². The zero-order valence-corrected chi connectivity index (χ0v) is 12.6. The van der Waals surface area contributed by atoms with Crippen LogP contribution in [0.1, 0.15) is 24.8 Å². The van der Waals surface area contributed by atoms with Crippen LogP contribution in [-0.4, -0.2) is 26.1 Å². The number of hydrogen-bond acceptors (Lipinski definition) is 3. The Morgan fingerprint density at radius 1 is 1.22 bits per heavy atom. The first kappa shape index (κ1) is 14.2. The van der Waals surface area contributed by atoms with Crippen LogP contribution in [0.5, 0.6) is 0 Å². The molecular formula is C14H19IO3. The summed E-state index contributed by atoms with van der Waals surface area (Å²) >= 11 is 2.33. The van der Waals surface area contributed by atoms with Gasteiger partial charge in [0.25, 0.3) is 0 Å². The van der Waals surface area contributed by atoms with Gasteiger partial charge in [0.1, 0.15) is 0 Å². The van der Waals surface area contributed by atoms with Crippen LogP contribution in [0.15, 0.2) is 24.3 Å². The van der Waals surface area contributed by atoms with Gasteiger partial charge in [-0.15, -0.1) is 0 Å². The summed E-state index contributed by atoms with van der Waals surface area (Å²) in [6.45, 7) is 2.70. The van der Waals surface area contributed by atoms with Crippen LogP contribution in [0.2, 0.25) is 0 Å². The van der Waals surface area contributed by atoms with E-state index in [1.165, 1.54) is 15.6 Å². The fraction of sp³-hybridized carbons (Fsp3) is 0.571. The molecule has 4 heteroatoms. The second-order valence-electron chi connectivity index (χ2n) is 4.31. The zero-order chi connectivity index (χ0) is 12.6. The van der Waals surface area contributed by atoms with Gasteiger partial charge in [-0.05, 0) is 53.5 Å². The highest BCUT2D eigenvalue weighted by molar-refractivity contribution is 14.1. The van der Waals surface area contributed by atoms with Crippen molar-refractivity contribution >= 4 is 22.6 Å². The smallest absolute Gasteiger partial charge is 0.157 e. The molecule has 1 heterocycles. The topological polar surface area (TPSA) is 27.7 Å². The van der Waals surface area contributed by atoms with Crippen LogP contribution in [0.4, 0.5) is 0 Å². The molecule has 3 nitrogen and oxygen atoms in total. The maximum absolute atomic E-state index is 5.61. The number of benzene rings is 1. The molecule has 0 aromatic heterocycles. The largest absolute Gasteiger partial charge is 0.374 e. The van der Waals surface area contributed by atoms with Crippen molar-refractivity contribution in [2.45, 2.75) is 32.2 Å². The lowest BCUT2D eigenvalue weighted by Crippen LogP contribution is -2.23. The Hall–Kier alpha value is -0.170. The van der Waals surface area contributed by atoms with Crippen molar-refractivity contribution in [1.29, 1.82) is 0 Å². The second-order valence-corrected chi connectivity index (χ2v) is 5.47. The Balaban J connectivity index is 1.57. The zero-order valence-electron chi connectivity index (χ0n) is 10.4. The molecule has 100 valence electrons. The molecule has 1 fully saturated rings. The number of rotatable bonds is 6. The molecule has 1 aliphatic heterocycles. The van der Waals surface area contributed by atoms with Gasteiger partial charge in [0, 0.05) is 10.2 Å². The van der Waals surface area contributed by atoms with E-state index in [0.29, 0.717) is 19.8 Å². The molecular weight excluding hydrogens is 343 g/mol. The van der Waals surface area contributed by atoms with E-state index >= 15 is 0 Å². The van der Waals surface area contributed by atoms with E-state index in [9.17, 15) is 0 Å². The van der Waals surface area contributed by atoms with Crippen molar-refractivity contribution < 1.29 is 14.2 Å². The summed E-state index contributed by atoms with van der Waals surface area (Å²) in [6.07, 6.45) is 3.35. The van der Waals surface area contributed by atoms with Crippen LogP contribution in [0.3, 0.4) is 0 Å². The van der Waals surface area contributed by atoms with Gasteiger partial charge in [0.05, 0.1) is 19.8 Å². The summed E-state index contributed by atoms with van der Waals surface area (Å²) in [5.41, 5.74) is 1.23. The van der Waals surface area contributed by atoms with E-state index in [-0.39, 0.29) is 6.29 Å². The minimum Gasteiger partial charge on any atom is -0.374 e. The van der Waals surface area contributed by atoms with E-state index in [4.69, 9.17) is 14.2 Å². The van der Waals surface area contributed by atoms with Crippen LogP contribution in [0, 0.1) is 3.57 Å². The molecule has 0 radical (unpaired) electrons. The summed E-state index contributed by atoms with van der Waals surface area (Å²) in [5.74, 6) is 0. The molecule has 0 aliphatic carbocycles. The maximum atomic E-state index is 5.61. The summed E-state index contributed by atoms with van der Waals surface area (Å²) in [5, 5.41) is 0. The minimum absolute atomic E-state index is 0.0146. The van der Waals surface area contributed by atoms with Gasteiger partial charge in [0.15, 0.2) is 6.29 Å². The Kier molecular flexibility index (Phi) is 6.40. The third kappa shape index (κ3) is 4.84. The van der Waals surface area contributed by atoms with Crippen molar-refractivity contribution in [2.75, 3.05) is 19.8 Å². The van der Waals surface area contributed by atoms with Gasteiger partial charge in [-0.3, -0.25) is 0 Å². The van der Waals surface area contributed by atoms with Gasteiger partial charge in [-0.25, -0.2) is 0 Å². The normalized spacial score (nSPS) is 19.9. The second kappa shape index (κ2) is 8.09. The highest BCUT2D eigenvalue weighted by atomic mass is 127. The number of hydrogen-bond donors (Lipinski definition) is 0. The molecule has 0 amide bonds. The summed E-state index contributed by atoms with van der Waals surface area (Å²) in [4.78, 5) is 0. The Labute approximate surface area is 122 Å². The van der Waals surface area contributed by atoms with Crippen molar-refractivity contribution in [1.82, 2.24) is 0 Å². The van der Waals surface area contributed by atoms with Crippen LogP contribution >= 0.6 is 22.6 Å². The van der Waals surface area contributed by atoms with E-state index in [0.717, 1.165) is 19.4 Å². The molecule has 1 aliphatic rings. The SMILES string of the molecule is Ic1ccccc1COCCOC1CCCCO1. The highest BCUT2D eigenvalue weighted by Gasteiger charge is 2.13. The van der Waals surface area contributed by atoms with E-state index < -0.39 is 0 Å². The number of ether oxygens (including phenoxy) is 3. The van der Waals surface area contributed by atoms with E-state index in [2.05, 4.69) is 34.7 Å². The van der Waals surface area contributed by atoms with Crippen molar-refractivity contribution in [3.8, 4) is 0 Å². The third-order valence-corrected chi connectivity index (χ3v) is 3.94. The molecule has 1 unspecified atom stereocenters. The Morgan fingerprint density at radius 2 is 2.11 bits per heavy atom. The lowest BCUT2D eigenvalue weighted by molar-refractivity contribution is -0.169. The standard InChI is InChI=1S/C14H19IO3/c15-13-6-2-1-5-12(13)11-16-9-10-18-14-7-3-4-8-17-14/h1-2,5-6,14H,3-4,7-11H2. The molecule has 0 spiro atoms. The van der Waals surface area contributed by atoms with Gasteiger partial charge in [-0.1, -0.05) is 18.2 Å². The Morgan fingerprint density at radius 3 is 2.89 bits per heavy atom. The molecule has 0 N–H and O–H groups in total. The third-order valence-electron chi connectivity index (χ3n) is 2.88. The molecule has 2 rings (SSSR count). The highest BCUT2D eigenvalue weighted by Crippen LogP contribution is 2.14. The summed E-state index contributed by atoms with van der Waals surface area (Å²) in [6, 6.07) is 8.25. The first-order valence-electron chi connectivity index (χ1n) is 6.40. The van der Waals surface area contributed by atoms with E-state index in [1.54, 1.807) is 0 Å². The molecule has 18 heavy (non-hydrogen) atoms. The predicted octanol–water partition coefficient (Wildman–Crippen LogP) is 3.35. The fourth-order valence-electron chi connectivity index (χ4n) is 1.88. The first-order valence-corrected chi connectivity index (χ1v) is 7.48. The fourth-order valence-corrected chi connectivity index (χ4v) is 2.42. The van der Waals surface area contributed by atoms with Gasteiger partial charge in [-0.2, -0.15) is 0 Å². The quantitative estimate of drug-likeness (QED) is 0.574. The van der Waals surface area contributed by atoms with Crippen LogP contribution < -0.4 is 0 Å². The van der Waals surface area contributed by atoms with E-state index in [1.807, 2.05) is 12.1 Å². The molecule has 1 aromatic rings. The minimum atomic E-state index is -0.0146. The van der Waals surface area contributed by atoms with Crippen molar-refractivity contribution in [2.24, 2.45) is 0 Å². The lowest BCUT2D eigenvalue weighted by Gasteiger charge is -2.22. The molecule has 1 atom stereocenters.